The summed E-state index contributed by atoms with van der Waals surface area (Å²) in [4.78, 5) is 73.2. The van der Waals surface area contributed by atoms with Crippen LogP contribution in [0.4, 0.5) is 0 Å². The van der Waals surface area contributed by atoms with Crippen LogP contribution in [0, 0.1) is 0 Å². The van der Waals surface area contributed by atoms with Crippen LogP contribution in [0.25, 0.3) is 0 Å². The van der Waals surface area contributed by atoms with E-state index < -0.39 is 97.5 Å². The van der Waals surface area contributed by atoms with Gasteiger partial charge in [-0.05, 0) is 25.7 Å². The van der Waals surface area contributed by atoms with Gasteiger partial charge in [-0.2, -0.15) is 0 Å². The van der Waals surface area contributed by atoms with Gasteiger partial charge in [0, 0.05) is 25.7 Å². The molecule has 0 rings (SSSR count). The summed E-state index contributed by atoms with van der Waals surface area (Å²) in [6.07, 6.45) is 74.9. The zero-order valence-corrected chi connectivity index (χ0v) is 70.5. The second kappa shape index (κ2) is 80.1. The molecule has 0 aliphatic carbocycles. The minimum Gasteiger partial charge on any atom is -0.462 e. The highest BCUT2D eigenvalue weighted by Gasteiger charge is 2.30. The molecule has 0 radical (unpaired) electrons. The van der Waals surface area contributed by atoms with Crippen molar-refractivity contribution in [2.75, 3.05) is 39.6 Å². The molecule has 0 amide bonds. The van der Waals surface area contributed by atoms with E-state index in [-0.39, 0.29) is 25.7 Å². The average Bonchev–Trinajstić information content (AvgIpc) is 0.909. The Kier molecular flexibility index (Phi) is 78.6. The number of hydrogen-bond acceptors (Lipinski definition) is 15. The third-order valence-corrected chi connectivity index (χ3v) is 22.3. The molecule has 3 N–H and O–H groups in total. The summed E-state index contributed by atoms with van der Waals surface area (Å²) in [7, 11) is -9.93. The first-order valence-corrected chi connectivity index (χ1v) is 47.8. The van der Waals surface area contributed by atoms with Crippen molar-refractivity contribution in [3.05, 3.63) is 0 Å². The van der Waals surface area contributed by atoms with Crippen LogP contribution in [0.15, 0.2) is 0 Å². The van der Waals surface area contributed by atoms with Crippen LogP contribution in [0.3, 0.4) is 0 Å². The molecule has 0 aromatic heterocycles. The van der Waals surface area contributed by atoms with E-state index in [1.807, 2.05) is 0 Å². The highest BCUT2D eigenvalue weighted by Crippen LogP contribution is 2.45. The summed E-state index contributed by atoms with van der Waals surface area (Å²) in [5.74, 6) is -2.10. The summed E-state index contributed by atoms with van der Waals surface area (Å²) < 4.78 is 68.9. The van der Waals surface area contributed by atoms with Crippen LogP contribution < -0.4 is 0 Å². The maximum absolute atomic E-state index is 13.1. The summed E-state index contributed by atoms with van der Waals surface area (Å²) in [5.41, 5.74) is 0. The van der Waals surface area contributed by atoms with Crippen LogP contribution in [0.5, 0.6) is 0 Å². The molecule has 17 nitrogen and oxygen atoms in total. The van der Waals surface area contributed by atoms with Crippen molar-refractivity contribution >= 4 is 39.5 Å². The molecule has 0 aliphatic rings. The number of hydrogen-bond donors (Lipinski definition) is 3. The number of ether oxygens (including phenoxy) is 4. The minimum atomic E-state index is -4.96. The highest BCUT2D eigenvalue weighted by molar-refractivity contribution is 7.47. The van der Waals surface area contributed by atoms with Crippen molar-refractivity contribution in [1.29, 1.82) is 0 Å². The Morgan fingerprint density at radius 3 is 0.562 bits per heavy atom. The molecule has 2 unspecified atom stereocenters. The van der Waals surface area contributed by atoms with Gasteiger partial charge in [0.25, 0.3) is 0 Å². The molecule has 624 valence electrons. The number of esters is 4. The summed E-state index contributed by atoms with van der Waals surface area (Å²) in [5, 5.41) is 10.7. The fraction of sp³-hybridized carbons (Fsp3) is 0.953. The average molecular weight is 1540 g/mol. The number of rotatable bonds is 87. The van der Waals surface area contributed by atoms with Crippen LogP contribution in [0.1, 0.15) is 471 Å². The Morgan fingerprint density at radius 2 is 0.381 bits per heavy atom. The van der Waals surface area contributed by atoms with Gasteiger partial charge in [0.1, 0.15) is 19.3 Å². The molecule has 0 aromatic rings. The van der Waals surface area contributed by atoms with Crippen molar-refractivity contribution in [2.45, 2.75) is 489 Å². The van der Waals surface area contributed by atoms with Gasteiger partial charge in [-0.3, -0.25) is 37.3 Å². The molecule has 0 saturated carbocycles. The second-order valence-corrected chi connectivity index (χ2v) is 33.8. The van der Waals surface area contributed by atoms with E-state index in [0.29, 0.717) is 25.7 Å². The van der Waals surface area contributed by atoms with Crippen LogP contribution in [-0.4, -0.2) is 96.7 Å². The molecule has 0 aliphatic heterocycles. The van der Waals surface area contributed by atoms with Crippen molar-refractivity contribution < 1.29 is 80.2 Å². The van der Waals surface area contributed by atoms with Crippen molar-refractivity contribution in [2.24, 2.45) is 0 Å². The summed E-state index contributed by atoms with van der Waals surface area (Å²) in [6.45, 7) is 5.06. The normalized spacial score (nSPS) is 13.7. The lowest BCUT2D eigenvalue weighted by molar-refractivity contribution is -0.161. The number of carbonyl (C=O) groups excluding carboxylic acids is 4. The first-order valence-electron chi connectivity index (χ1n) is 44.8. The standard InChI is InChI=1S/C86H168O17P2/c1-5-9-13-17-21-25-29-33-35-37-39-40-41-43-45-49-53-57-61-65-69-73-86(91)103-82(77-97-84(89)71-67-63-59-55-51-48-44-42-38-36-34-30-26-22-18-14-10-6-2)79-101-105(94,95)99-75-80(87)74-98-104(92,93)100-78-81(102-85(90)72-68-64-60-56-52-47-32-28-24-20-16-12-8-4)76-96-83(88)70-66-62-58-54-50-46-31-27-23-19-15-11-7-3/h80-82,87H,5-79H2,1-4H3,(H,92,93)(H,94,95)/t80-,81+,82+/m0/s1. The first kappa shape index (κ1) is 103. The zero-order valence-electron chi connectivity index (χ0n) is 68.7. The number of aliphatic hydroxyl groups excluding tert-OH is 1. The lowest BCUT2D eigenvalue weighted by atomic mass is 10.0. The molecule has 0 heterocycles. The summed E-state index contributed by atoms with van der Waals surface area (Å²) >= 11 is 0. The third kappa shape index (κ3) is 79.9. The Bertz CT molecular complexity index is 1980. The zero-order chi connectivity index (χ0) is 76.7. The lowest BCUT2D eigenvalue weighted by Crippen LogP contribution is -2.30. The van der Waals surface area contributed by atoms with E-state index in [4.69, 9.17) is 37.0 Å². The summed E-state index contributed by atoms with van der Waals surface area (Å²) in [6, 6.07) is 0. The fourth-order valence-electron chi connectivity index (χ4n) is 13.5. The SMILES string of the molecule is CCCCCCCCCCCCCCCCCCCCCCCC(=O)O[C@H](COC(=O)CCCCCCCCCCCCCCCCCCCC)COP(=O)(O)OC[C@@H](O)COP(=O)(O)OC[C@@H](COC(=O)CCCCCCCCCCCCCCC)OC(=O)CCCCCCCCCCCCCCC. The van der Waals surface area contributed by atoms with E-state index in [0.717, 1.165) is 89.9 Å². The monoisotopic (exact) mass is 1540 g/mol. The minimum absolute atomic E-state index is 0.109. The van der Waals surface area contributed by atoms with E-state index in [2.05, 4.69) is 27.7 Å². The largest absolute Gasteiger partial charge is 0.472 e. The maximum Gasteiger partial charge on any atom is 0.472 e. The topological polar surface area (TPSA) is 237 Å². The molecule has 0 bridgehead atoms. The van der Waals surface area contributed by atoms with Crippen LogP contribution in [0.2, 0.25) is 0 Å². The van der Waals surface area contributed by atoms with Gasteiger partial charge in [-0.25, -0.2) is 9.13 Å². The van der Waals surface area contributed by atoms with Gasteiger partial charge in [0.2, 0.25) is 0 Å². The second-order valence-electron chi connectivity index (χ2n) is 30.9. The fourth-order valence-corrected chi connectivity index (χ4v) is 15.1. The first-order chi connectivity index (χ1) is 51.2. The van der Waals surface area contributed by atoms with Gasteiger partial charge >= 0.3 is 39.5 Å². The number of unbranched alkanes of at least 4 members (excludes halogenated alkanes) is 61. The van der Waals surface area contributed by atoms with E-state index in [1.165, 1.54) is 302 Å². The number of phosphoric acid groups is 2. The van der Waals surface area contributed by atoms with Crippen LogP contribution in [-0.2, 0) is 65.4 Å². The highest BCUT2D eigenvalue weighted by atomic mass is 31.2. The van der Waals surface area contributed by atoms with Gasteiger partial charge in [-0.1, -0.05) is 419 Å². The lowest BCUT2D eigenvalue weighted by Gasteiger charge is -2.21. The van der Waals surface area contributed by atoms with E-state index >= 15 is 0 Å². The number of phosphoric ester groups is 2. The van der Waals surface area contributed by atoms with Gasteiger partial charge in [0.05, 0.1) is 26.4 Å². The predicted octanol–water partition coefficient (Wildman–Crippen LogP) is 26.5. The van der Waals surface area contributed by atoms with Crippen molar-refractivity contribution in [3.63, 3.8) is 0 Å². The molecule has 0 aromatic carbocycles. The molecule has 105 heavy (non-hydrogen) atoms. The quantitative estimate of drug-likeness (QED) is 0.0222. The molecule has 0 saturated heterocycles. The molecule has 19 heteroatoms. The molecule has 0 spiro atoms. The van der Waals surface area contributed by atoms with E-state index in [9.17, 15) is 43.2 Å². The Hall–Kier alpha value is -1.94. The molecule has 0 fully saturated rings. The Balaban J connectivity index is 5.23. The van der Waals surface area contributed by atoms with Gasteiger partial charge in [0.15, 0.2) is 12.2 Å². The number of carbonyl (C=O) groups is 4. The number of aliphatic hydroxyl groups is 1. The van der Waals surface area contributed by atoms with Crippen molar-refractivity contribution in [1.82, 2.24) is 0 Å². The van der Waals surface area contributed by atoms with Crippen LogP contribution >= 0.6 is 15.6 Å². The predicted molar refractivity (Wildman–Crippen MR) is 432 cm³/mol. The molecule has 5 atom stereocenters. The Labute approximate surface area is 645 Å². The van der Waals surface area contributed by atoms with Gasteiger partial charge in [-0.15, -0.1) is 0 Å². The third-order valence-electron chi connectivity index (χ3n) is 20.4. The van der Waals surface area contributed by atoms with E-state index in [1.54, 1.807) is 0 Å². The van der Waals surface area contributed by atoms with Gasteiger partial charge < -0.3 is 33.8 Å². The molecular weight excluding hydrogens is 1370 g/mol. The smallest absolute Gasteiger partial charge is 0.462 e. The molecular formula is C86H168O17P2. The Morgan fingerprint density at radius 1 is 0.229 bits per heavy atom. The maximum atomic E-state index is 13.1. The van der Waals surface area contributed by atoms with Crippen molar-refractivity contribution in [3.8, 4) is 0 Å².